The minimum absolute atomic E-state index is 0.709. The second-order valence-electron chi connectivity index (χ2n) is 6.78. The SMILES string of the molecule is CCCCC1CC=C(c2ccc(-c3ccc(C#N)cc3)cc2)CC1. The maximum atomic E-state index is 8.89. The smallest absolute Gasteiger partial charge is 0.0991 e. The van der Waals surface area contributed by atoms with Gasteiger partial charge in [-0.1, -0.05) is 68.7 Å². The molecule has 0 amide bonds. The molecule has 122 valence electrons. The van der Waals surface area contributed by atoms with Gasteiger partial charge in [-0.25, -0.2) is 0 Å². The summed E-state index contributed by atoms with van der Waals surface area (Å²) < 4.78 is 0. The molecule has 2 aromatic carbocycles. The van der Waals surface area contributed by atoms with Crippen molar-refractivity contribution in [1.29, 1.82) is 5.26 Å². The highest BCUT2D eigenvalue weighted by Crippen LogP contribution is 2.33. The summed E-state index contributed by atoms with van der Waals surface area (Å²) in [6.07, 6.45) is 10.3. The Labute approximate surface area is 145 Å². The molecule has 0 heterocycles. The van der Waals surface area contributed by atoms with Crippen molar-refractivity contribution in [3.05, 3.63) is 65.7 Å². The second-order valence-corrected chi connectivity index (χ2v) is 6.78. The minimum Gasteiger partial charge on any atom is -0.192 e. The predicted octanol–water partition coefficient (Wildman–Crippen LogP) is 6.60. The van der Waals surface area contributed by atoms with Crippen LogP contribution in [-0.2, 0) is 0 Å². The molecule has 1 aliphatic carbocycles. The third-order valence-corrected chi connectivity index (χ3v) is 5.09. The molecule has 0 aliphatic heterocycles. The average Bonchev–Trinajstić information content (AvgIpc) is 2.67. The number of rotatable bonds is 5. The molecular formula is C23H25N. The lowest BCUT2D eigenvalue weighted by molar-refractivity contribution is 0.434. The Kier molecular flexibility index (Phi) is 5.49. The molecule has 3 rings (SSSR count). The lowest BCUT2D eigenvalue weighted by Crippen LogP contribution is -2.05. The fourth-order valence-corrected chi connectivity index (χ4v) is 3.52. The largest absolute Gasteiger partial charge is 0.192 e. The third kappa shape index (κ3) is 3.95. The number of nitriles is 1. The summed E-state index contributed by atoms with van der Waals surface area (Å²) in [4.78, 5) is 0. The van der Waals surface area contributed by atoms with Gasteiger partial charge in [0.2, 0.25) is 0 Å². The van der Waals surface area contributed by atoms with E-state index in [4.69, 9.17) is 5.26 Å². The molecule has 1 heteroatoms. The first-order chi connectivity index (χ1) is 11.8. The topological polar surface area (TPSA) is 23.8 Å². The maximum Gasteiger partial charge on any atom is 0.0991 e. The molecule has 0 saturated heterocycles. The summed E-state index contributed by atoms with van der Waals surface area (Å²) in [5.74, 6) is 0.895. The third-order valence-electron chi connectivity index (χ3n) is 5.09. The first kappa shape index (κ1) is 16.5. The molecule has 0 N–H and O–H groups in total. The summed E-state index contributed by atoms with van der Waals surface area (Å²) in [6, 6.07) is 18.8. The van der Waals surface area contributed by atoms with Crippen molar-refractivity contribution in [3.63, 3.8) is 0 Å². The van der Waals surface area contributed by atoms with E-state index in [1.165, 1.54) is 55.2 Å². The number of allylic oxidation sites excluding steroid dienone is 2. The molecule has 0 saturated carbocycles. The van der Waals surface area contributed by atoms with Crippen molar-refractivity contribution in [2.75, 3.05) is 0 Å². The zero-order valence-corrected chi connectivity index (χ0v) is 14.5. The van der Waals surface area contributed by atoms with E-state index in [1.54, 1.807) is 0 Å². The Bertz CT molecular complexity index is 729. The molecule has 1 aliphatic rings. The Hall–Kier alpha value is -2.33. The lowest BCUT2D eigenvalue weighted by Gasteiger charge is -2.22. The second kappa shape index (κ2) is 7.97. The molecule has 0 radical (unpaired) electrons. The summed E-state index contributed by atoms with van der Waals surface area (Å²) in [6.45, 7) is 2.28. The van der Waals surface area contributed by atoms with E-state index in [0.29, 0.717) is 5.56 Å². The molecule has 2 aromatic rings. The number of nitrogens with zero attached hydrogens (tertiary/aromatic N) is 1. The molecular weight excluding hydrogens is 290 g/mol. The lowest BCUT2D eigenvalue weighted by atomic mass is 9.84. The van der Waals surface area contributed by atoms with E-state index in [9.17, 15) is 0 Å². The minimum atomic E-state index is 0.709. The molecule has 1 nitrogen and oxygen atoms in total. The van der Waals surface area contributed by atoms with Crippen molar-refractivity contribution in [3.8, 4) is 17.2 Å². The summed E-state index contributed by atoms with van der Waals surface area (Å²) in [5, 5.41) is 8.89. The fraction of sp³-hybridized carbons (Fsp3) is 0.348. The van der Waals surface area contributed by atoms with Crippen LogP contribution in [-0.4, -0.2) is 0 Å². The molecule has 1 unspecified atom stereocenters. The van der Waals surface area contributed by atoms with Crippen molar-refractivity contribution in [2.24, 2.45) is 5.92 Å². The summed E-state index contributed by atoms with van der Waals surface area (Å²) in [7, 11) is 0. The van der Waals surface area contributed by atoms with E-state index in [1.807, 2.05) is 24.3 Å². The van der Waals surface area contributed by atoms with Crippen molar-refractivity contribution >= 4 is 5.57 Å². The van der Waals surface area contributed by atoms with Crippen LogP contribution in [0, 0.1) is 17.2 Å². The number of benzene rings is 2. The Morgan fingerprint density at radius 1 is 0.958 bits per heavy atom. The molecule has 0 aromatic heterocycles. The highest BCUT2D eigenvalue weighted by Gasteiger charge is 2.15. The van der Waals surface area contributed by atoms with Gasteiger partial charge < -0.3 is 0 Å². The van der Waals surface area contributed by atoms with Crippen LogP contribution in [0.3, 0.4) is 0 Å². The van der Waals surface area contributed by atoms with Crippen molar-refractivity contribution < 1.29 is 0 Å². The molecule has 1 atom stereocenters. The van der Waals surface area contributed by atoms with Gasteiger partial charge in [0.25, 0.3) is 0 Å². The van der Waals surface area contributed by atoms with Crippen LogP contribution in [0.1, 0.15) is 56.6 Å². The Balaban J connectivity index is 1.68. The van der Waals surface area contributed by atoms with Gasteiger partial charge in [-0.3, -0.25) is 0 Å². The van der Waals surface area contributed by atoms with Crippen LogP contribution in [0.25, 0.3) is 16.7 Å². The van der Waals surface area contributed by atoms with Crippen LogP contribution in [0.2, 0.25) is 0 Å². The highest BCUT2D eigenvalue weighted by atomic mass is 14.2. The molecule has 0 spiro atoms. The van der Waals surface area contributed by atoms with Gasteiger partial charge in [0.05, 0.1) is 11.6 Å². The van der Waals surface area contributed by atoms with Crippen LogP contribution in [0.4, 0.5) is 0 Å². The Morgan fingerprint density at radius 2 is 1.58 bits per heavy atom. The standard InChI is InChI=1S/C23H25N/c1-2-3-4-18-5-9-20(10-6-18)22-13-15-23(16-14-22)21-11-7-19(17-24)8-12-21/h7-9,11-16,18H,2-6,10H2,1H3. The van der Waals surface area contributed by atoms with E-state index in [2.05, 4.69) is 43.3 Å². The first-order valence-corrected chi connectivity index (χ1v) is 9.10. The summed E-state index contributed by atoms with van der Waals surface area (Å²) >= 11 is 0. The summed E-state index contributed by atoms with van der Waals surface area (Å²) in [5.41, 5.74) is 5.95. The van der Waals surface area contributed by atoms with Gasteiger partial charge in [0, 0.05) is 0 Å². The quantitative estimate of drug-likeness (QED) is 0.610. The molecule has 0 fully saturated rings. The van der Waals surface area contributed by atoms with E-state index in [0.717, 1.165) is 11.5 Å². The number of hydrogen-bond acceptors (Lipinski definition) is 1. The first-order valence-electron chi connectivity index (χ1n) is 9.10. The van der Waals surface area contributed by atoms with Gasteiger partial charge in [0.1, 0.15) is 0 Å². The number of unbranched alkanes of at least 4 members (excludes halogenated alkanes) is 1. The fourth-order valence-electron chi connectivity index (χ4n) is 3.52. The van der Waals surface area contributed by atoms with Crippen molar-refractivity contribution in [1.82, 2.24) is 0 Å². The van der Waals surface area contributed by atoms with Gasteiger partial charge in [-0.15, -0.1) is 0 Å². The number of hydrogen-bond donors (Lipinski definition) is 0. The predicted molar refractivity (Wildman–Crippen MR) is 101 cm³/mol. The van der Waals surface area contributed by atoms with Gasteiger partial charge in [-0.05, 0) is 59.6 Å². The Morgan fingerprint density at radius 3 is 2.12 bits per heavy atom. The monoisotopic (exact) mass is 315 g/mol. The van der Waals surface area contributed by atoms with Crippen LogP contribution in [0.5, 0.6) is 0 Å². The van der Waals surface area contributed by atoms with E-state index in [-0.39, 0.29) is 0 Å². The zero-order valence-electron chi connectivity index (χ0n) is 14.5. The van der Waals surface area contributed by atoms with Crippen molar-refractivity contribution in [2.45, 2.75) is 45.4 Å². The maximum absolute atomic E-state index is 8.89. The van der Waals surface area contributed by atoms with E-state index >= 15 is 0 Å². The van der Waals surface area contributed by atoms with Gasteiger partial charge in [0.15, 0.2) is 0 Å². The highest BCUT2D eigenvalue weighted by molar-refractivity contribution is 5.71. The average molecular weight is 315 g/mol. The van der Waals surface area contributed by atoms with Crippen LogP contribution >= 0.6 is 0 Å². The normalized spacial score (nSPS) is 17.2. The van der Waals surface area contributed by atoms with Gasteiger partial charge >= 0.3 is 0 Å². The molecule has 24 heavy (non-hydrogen) atoms. The zero-order chi connectivity index (χ0) is 16.8. The van der Waals surface area contributed by atoms with Gasteiger partial charge in [-0.2, -0.15) is 5.26 Å². The van der Waals surface area contributed by atoms with Crippen LogP contribution < -0.4 is 0 Å². The molecule has 0 bridgehead atoms. The van der Waals surface area contributed by atoms with Crippen LogP contribution in [0.15, 0.2) is 54.6 Å². The van der Waals surface area contributed by atoms with E-state index < -0.39 is 0 Å².